The van der Waals surface area contributed by atoms with Gasteiger partial charge in [-0.25, -0.2) is 0 Å². The lowest BCUT2D eigenvalue weighted by Gasteiger charge is -2.28. The molecule has 3 N–H and O–H groups in total. The first kappa shape index (κ1) is 15.4. The first-order valence-corrected chi connectivity index (χ1v) is 6.97. The Bertz CT molecular complexity index is 259. The molecule has 1 heterocycles. The Kier molecular flexibility index (Phi) is 6.60. The molecule has 0 radical (unpaired) electrons. The minimum absolute atomic E-state index is 0.210. The molecule has 0 aromatic rings. The molecule has 2 unspecified atom stereocenters. The third kappa shape index (κ3) is 4.55. The van der Waals surface area contributed by atoms with Crippen LogP contribution in [0.5, 0.6) is 0 Å². The lowest BCUT2D eigenvalue weighted by Crippen LogP contribution is -2.43. The lowest BCUT2D eigenvalue weighted by molar-refractivity contribution is -0.120. The molecule has 0 spiro atoms. The summed E-state index contributed by atoms with van der Waals surface area (Å²) in [6.07, 6.45) is 3.39. The Morgan fingerprint density at radius 3 is 2.89 bits per heavy atom. The minimum atomic E-state index is -0.262. The van der Waals surface area contributed by atoms with Gasteiger partial charge >= 0.3 is 0 Å². The van der Waals surface area contributed by atoms with Crippen molar-refractivity contribution in [1.82, 2.24) is 15.1 Å². The first-order valence-electron chi connectivity index (χ1n) is 6.97. The molecule has 106 valence electrons. The standard InChI is InChI=1S/C13H28N4O/c1-4-17-8-5-6-11(17)10-16(3)9-7-12(15-2)13(14)18/h11-12,15H,4-10H2,1-3H3,(H2,14,18). The van der Waals surface area contributed by atoms with Crippen LogP contribution in [0.1, 0.15) is 26.2 Å². The van der Waals surface area contributed by atoms with Gasteiger partial charge in [-0.2, -0.15) is 0 Å². The van der Waals surface area contributed by atoms with Gasteiger partial charge in [0, 0.05) is 12.6 Å². The monoisotopic (exact) mass is 256 g/mol. The van der Waals surface area contributed by atoms with E-state index < -0.39 is 0 Å². The molecule has 0 bridgehead atoms. The van der Waals surface area contributed by atoms with Gasteiger partial charge in [0.25, 0.3) is 0 Å². The van der Waals surface area contributed by atoms with Crippen LogP contribution in [0.2, 0.25) is 0 Å². The first-order chi connectivity index (χ1) is 8.58. The highest BCUT2D eigenvalue weighted by molar-refractivity contribution is 5.79. The molecule has 0 aliphatic carbocycles. The Morgan fingerprint density at radius 2 is 2.33 bits per heavy atom. The molecule has 1 amide bonds. The quantitative estimate of drug-likeness (QED) is 0.635. The molecule has 2 atom stereocenters. The summed E-state index contributed by atoms with van der Waals surface area (Å²) in [6.45, 7) is 6.59. The van der Waals surface area contributed by atoms with Crippen molar-refractivity contribution in [2.24, 2.45) is 5.73 Å². The number of nitrogens with two attached hydrogens (primary N) is 1. The fourth-order valence-corrected chi connectivity index (χ4v) is 2.75. The van der Waals surface area contributed by atoms with E-state index in [-0.39, 0.29) is 11.9 Å². The van der Waals surface area contributed by atoms with Crippen molar-refractivity contribution in [1.29, 1.82) is 0 Å². The van der Waals surface area contributed by atoms with Crippen LogP contribution < -0.4 is 11.1 Å². The van der Waals surface area contributed by atoms with Gasteiger partial charge in [-0.1, -0.05) is 6.92 Å². The van der Waals surface area contributed by atoms with Crippen molar-refractivity contribution in [3.8, 4) is 0 Å². The molecule has 1 saturated heterocycles. The van der Waals surface area contributed by atoms with E-state index in [4.69, 9.17) is 5.73 Å². The highest BCUT2D eigenvalue weighted by atomic mass is 16.1. The molecular weight excluding hydrogens is 228 g/mol. The topological polar surface area (TPSA) is 61.6 Å². The van der Waals surface area contributed by atoms with Crippen molar-refractivity contribution in [2.75, 3.05) is 40.3 Å². The van der Waals surface area contributed by atoms with Gasteiger partial charge < -0.3 is 16.0 Å². The molecule has 1 aliphatic heterocycles. The molecule has 0 aromatic heterocycles. The molecule has 5 nitrogen and oxygen atoms in total. The Labute approximate surface area is 111 Å². The van der Waals surface area contributed by atoms with Gasteiger partial charge in [-0.15, -0.1) is 0 Å². The smallest absolute Gasteiger partial charge is 0.234 e. The normalized spacial score (nSPS) is 22.6. The maximum atomic E-state index is 11.1. The van der Waals surface area contributed by atoms with Crippen molar-refractivity contribution in [2.45, 2.75) is 38.3 Å². The molecule has 0 saturated carbocycles. The summed E-state index contributed by atoms with van der Waals surface area (Å²) in [4.78, 5) is 16.0. The van der Waals surface area contributed by atoms with Crippen LogP contribution in [0.25, 0.3) is 0 Å². The predicted molar refractivity (Wildman–Crippen MR) is 74.4 cm³/mol. The Hall–Kier alpha value is -0.650. The van der Waals surface area contributed by atoms with E-state index in [0.29, 0.717) is 6.04 Å². The average molecular weight is 256 g/mol. The van der Waals surface area contributed by atoms with Gasteiger partial charge in [0.15, 0.2) is 0 Å². The number of hydrogen-bond acceptors (Lipinski definition) is 4. The number of likely N-dealkylation sites (N-methyl/N-ethyl adjacent to an activating group) is 3. The maximum Gasteiger partial charge on any atom is 0.234 e. The highest BCUT2D eigenvalue weighted by Crippen LogP contribution is 2.17. The summed E-state index contributed by atoms with van der Waals surface area (Å²) in [7, 11) is 3.91. The fourth-order valence-electron chi connectivity index (χ4n) is 2.75. The molecular formula is C13H28N4O. The summed E-state index contributed by atoms with van der Waals surface area (Å²) < 4.78 is 0. The van der Waals surface area contributed by atoms with Crippen LogP contribution in [-0.4, -0.2) is 68.1 Å². The SMILES string of the molecule is CCN1CCCC1CN(C)CCC(NC)C(N)=O. The number of nitrogens with zero attached hydrogens (tertiary/aromatic N) is 2. The number of carbonyl (C=O) groups excluding carboxylic acids is 1. The maximum absolute atomic E-state index is 11.1. The molecule has 0 aromatic carbocycles. The zero-order valence-electron chi connectivity index (χ0n) is 12.0. The van der Waals surface area contributed by atoms with Crippen molar-refractivity contribution < 1.29 is 4.79 Å². The minimum Gasteiger partial charge on any atom is -0.368 e. The third-order valence-electron chi connectivity index (χ3n) is 3.92. The average Bonchev–Trinajstić information content (AvgIpc) is 2.76. The van der Waals surface area contributed by atoms with Crippen molar-refractivity contribution >= 4 is 5.91 Å². The predicted octanol–water partition coefficient (Wildman–Crippen LogP) is -0.134. The van der Waals surface area contributed by atoms with E-state index in [1.54, 1.807) is 7.05 Å². The molecule has 1 aliphatic rings. The number of amides is 1. The summed E-state index contributed by atoms with van der Waals surface area (Å²) in [5, 5.41) is 2.96. The van der Waals surface area contributed by atoms with Crippen LogP contribution in [0, 0.1) is 0 Å². The summed E-state index contributed by atoms with van der Waals surface area (Å²) in [5.74, 6) is -0.262. The molecule has 1 rings (SSSR count). The number of rotatable bonds is 8. The Balaban J connectivity index is 2.28. The second kappa shape index (κ2) is 7.71. The number of primary amides is 1. The summed E-state index contributed by atoms with van der Waals surface area (Å²) in [5.41, 5.74) is 5.31. The van der Waals surface area contributed by atoms with Gasteiger partial charge in [0.05, 0.1) is 6.04 Å². The van der Waals surface area contributed by atoms with Crippen LogP contribution in [0.4, 0.5) is 0 Å². The van der Waals surface area contributed by atoms with Crippen LogP contribution in [-0.2, 0) is 4.79 Å². The summed E-state index contributed by atoms with van der Waals surface area (Å²) in [6, 6.07) is 0.472. The Morgan fingerprint density at radius 1 is 1.61 bits per heavy atom. The summed E-state index contributed by atoms with van der Waals surface area (Å²) >= 11 is 0. The van der Waals surface area contributed by atoms with Crippen LogP contribution in [0.3, 0.4) is 0 Å². The third-order valence-corrected chi connectivity index (χ3v) is 3.92. The van der Waals surface area contributed by atoms with Gasteiger partial charge in [0.1, 0.15) is 0 Å². The van der Waals surface area contributed by atoms with E-state index in [9.17, 15) is 4.79 Å². The number of hydrogen-bond donors (Lipinski definition) is 2. The number of nitrogens with one attached hydrogen (secondary N) is 1. The van der Waals surface area contributed by atoms with Gasteiger partial charge in [-0.05, 0) is 53.0 Å². The van der Waals surface area contributed by atoms with Crippen molar-refractivity contribution in [3.63, 3.8) is 0 Å². The van der Waals surface area contributed by atoms with Crippen LogP contribution in [0.15, 0.2) is 0 Å². The largest absolute Gasteiger partial charge is 0.368 e. The van der Waals surface area contributed by atoms with Gasteiger partial charge in [0.2, 0.25) is 5.91 Å². The van der Waals surface area contributed by atoms with E-state index in [1.807, 2.05) is 0 Å². The van der Waals surface area contributed by atoms with E-state index in [2.05, 4.69) is 29.1 Å². The van der Waals surface area contributed by atoms with E-state index >= 15 is 0 Å². The second-order valence-electron chi connectivity index (χ2n) is 5.22. The molecule has 1 fully saturated rings. The highest BCUT2D eigenvalue weighted by Gasteiger charge is 2.24. The zero-order valence-corrected chi connectivity index (χ0v) is 12.0. The number of carbonyl (C=O) groups is 1. The van der Waals surface area contributed by atoms with E-state index in [1.165, 1.54) is 19.4 Å². The van der Waals surface area contributed by atoms with Crippen LogP contribution >= 0.6 is 0 Å². The van der Waals surface area contributed by atoms with Crippen molar-refractivity contribution in [3.05, 3.63) is 0 Å². The molecule has 5 heteroatoms. The molecule has 18 heavy (non-hydrogen) atoms. The van der Waals surface area contributed by atoms with Gasteiger partial charge in [-0.3, -0.25) is 9.69 Å². The second-order valence-corrected chi connectivity index (χ2v) is 5.22. The number of likely N-dealkylation sites (tertiary alicyclic amines) is 1. The fraction of sp³-hybridized carbons (Fsp3) is 0.923. The van der Waals surface area contributed by atoms with E-state index in [0.717, 1.165) is 26.1 Å². The zero-order chi connectivity index (χ0) is 13.5. The lowest BCUT2D eigenvalue weighted by atomic mass is 10.1.